The van der Waals surface area contributed by atoms with E-state index >= 15 is 0 Å². The van der Waals surface area contributed by atoms with Gasteiger partial charge in [0.05, 0.1) is 13.2 Å². The van der Waals surface area contributed by atoms with E-state index < -0.39 is 52.5 Å². The highest BCUT2D eigenvalue weighted by Gasteiger charge is 2.46. The van der Waals surface area contributed by atoms with Crippen LogP contribution in [0, 0.1) is 0 Å². The van der Waals surface area contributed by atoms with E-state index in [9.17, 15) is 33.9 Å². The summed E-state index contributed by atoms with van der Waals surface area (Å²) in [5, 5.41) is 21.2. The lowest BCUT2D eigenvalue weighted by Gasteiger charge is -2.19. The van der Waals surface area contributed by atoms with Crippen molar-refractivity contribution in [2.75, 3.05) is 6.61 Å². The molecule has 0 bridgehead atoms. The van der Waals surface area contributed by atoms with Crippen LogP contribution >= 0.6 is 27.4 Å². The number of benzene rings is 2. The number of ether oxygens (including phenoxy) is 1. The summed E-state index contributed by atoms with van der Waals surface area (Å²) in [5.74, 6) is 0.583. The van der Waals surface area contributed by atoms with Gasteiger partial charge in [-0.05, 0) is 17.2 Å². The molecule has 0 amide bonds. The molecule has 210 valence electrons. The first kappa shape index (κ1) is 29.8. The number of hydrogen-bond acceptors (Lipinski definition) is 11. The molecule has 1 aliphatic rings. The maximum Gasteiger partial charge on any atom is 0.481 e. The van der Waals surface area contributed by atoms with Crippen molar-refractivity contribution in [2.45, 2.75) is 41.9 Å². The van der Waals surface area contributed by atoms with Crippen LogP contribution in [0.1, 0.15) is 17.4 Å². The molecule has 0 radical (unpaired) electrons. The van der Waals surface area contributed by atoms with Crippen LogP contribution in [-0.4, -0.2) is 54.5 Å². The van der Waals surface area contributed by atoms with Crippen LogP contribution in [0.4, 0.5) is 0 Å². The standard InChI is InChI=1S/C23H26N2O11P2S/c26-20-18(14-34-38(31,32)36-37(29,30)33-13-16-7-3-1-4-8-16)35-22(21(20)27)25-12-11-19(24-23(25)28)39-15-17-9-5-2-6-10-17/h1-12,18,20-22,26-27H,13-15H2,(H,29,30)(H,31,32). The van der Waals surface area contributed by atoms with Gasteiger partial charge in [-0.15, -0.1) is 11.8 Å². The third kappa shape index (κ3) is 8.40. The molecule has 13 nitrogen and oxygen atoms in total. The highest BCUT2D eigenvalue weighted by atomic mass is 32.2. The van der Waals surface area contributed by atoms with Crippen LogP contribution in [0.25, 0.3) is 0 Å². The van der Waals surface area contributed by atoms with E-state index in [4.69, 9.17) is 13.8 Å². The smallest absolute Gasteiger partial charge is 0.387 e. The molecule has 1 aromatic heterocycles. The number of hydrogen-bond donors (Lipinski definition) is 4. The van der Waals surface area contributed by atoms with Crippen LogP contribution in [0.3, 0.4) is 0 Å². The van der Waals surface area contributed by atoms with Gasteiger partial charge in [-0.1, -0.05) is 60.7 Å². The second kappa shape index (κ2) is 13.0. The summed E-state index contributed by atoms with van der Waals surface area (Å²) in [6.07, 6.45) is -4.67. The fourth-order valence-corrected chi connectivity index (χ4v) is 6.45. The molecule has 1 saturated heterocycles. The highest BCUT2D eigenvalue weighted by Crippen LogP contribution is 2.60. The molecular weight excluding hydrogens is 574 g/mol. The maximum absolute atomic E-state index is 12.6. The van der Waals surface area contributed by atoms with Crippen molar-refractivity contribution >= 4 is 27.4 Å². The minimum Gasteiger partial charge on any atom is -0.387 e. The lowest BCUT2D eigenvalue weighted by Crippen LogP contribution is -2.36. The van der Waals surface area contributed by atoms with Gasteiger partial charge in [0, 0.05) is 11.9 Å². The molecule has 2 aromatic carbocycles. The lowest BCUT2D eigenvalue weighted by molar-refractivity contribution is -0.0544. The quantitative estimate of drug-likeness (QED) is 0.135. The lowest BCUT2D eigenvalue weighted by atomic mass is 10.1. The van der Waals surface area contributed by atoms with Crippen molar-refractivity contribution < 1.29 is 47.2 Å². The average molecular weight is 600 g/mol. The second-order valence-electron chi connectivity index (χ2n) is 8.35. The molecule has 4 rings (SSSR count). The molecule has 0 saturated carbocycles. The van der Waals surface area contributed by atoms with E-state index in [1.54, 1.807) is 36.4 Å². The summed E-state index contributed by atoms with van der Waals surface area (Å²) in [5.41, 5.74) is 0.803. The Morgan fingerprint density at radius 2 is 1.51 bits per heavy atom. The topological polar surface area (TPSA) is 187 Å². The summed E-state index contributed by atoms with van der Waals surface area (Å²) in [6, 6.07) is 19.4. The SMILES string of the molecule is O=c1nc(SCc2ccccc2)ccn1C1OC(COP(=O)(O)OP(=O)(O)OCc2ccccc2)C(O)C1O. The van der Waals surface area contributed by atoms with Crippen molar-refractivity contribution in [3.05, 3.63) is 94.5 Å². The molecule has 1 aliphatic heterocycles. The largest absolute Gasteiger partial charge is 0.481 e. The summed E-state index contributed by atoms with van der Waals surface area (Å²) in [6.45, 7) is -1.20. The summed E-state index contributed by atoms with van der Waals surface area (Å²) in [7, 11) is -10.2. The first-order chi connectivity index (χ1) is 18.5. The first-order valence-corrected chi connectivity index (χ1v) is 15.5. The van der Waals surface area contributed by atoms with Gasteiger partial charge in [-0.2, -0.15) is 9.29 Å². The Morgan fingerprint density at radius 1 is 0.897 bits per heavy atom. The predicted octanol–water partition coefficient (Wildman–Crippen LogP) is 2.61. The Morgan fingerprint density at radius 3 is 2.15 bits per heavy atom. The number of nitrogens with zero attached hydrogens (tertiary/aromatic N) is 2. The van der Waals surface area contributed by atoms with Gasteiger partial charge < -0.3 is 24.7 Å². The van der Waals surface area contributed by atoms with Gasteiger partial charge in [0.15, 0.2) is 6.23 Å². The number of rotatable bonds is 12. The number of aromatic nitrogens is 2. The Kier molecular flexibility index (Phi) is 9.92. The highest BCUT2D eigenvalue weighted by molar-refractivity contribution is 7.98. The van der Waals surface area contributed by atoms with Gasteiger partial charge >= 0.3 is 21.3 Å². The fourth-order valence-electron chi connectivity index (χ4n) is 3.57. The van der Waals surface area contributed by atoms with E-state index in [1.807, 2.05) is 30.3 Å². The molecule has 0 aliphatic carbocycles. The van der Waals surface area contributed by atoms with Crippen LogP contribution in [0.2, 0.25) is 0 Å². The van der Waals surface area contributed by atoms with Gasteiger partial charge in [-0.3, -0.25) is 13.6 Å². The predicted molar refractivity (Wildman–Crippen MR) is 138 cm³/mol. The Labute approximate surface area is 227 Å². The fraction of sp³-hybridized carbons (Fsp3) is 0.304. The Bertz CT molecular complexity index is 1400. The zero-order chi connectivity index (χ0) is 28.0. The zero-order valence-corrected chi connectivity index (χ0v) is 22.8. The van der Waals surface area contributed by atoms with Crippen molar-refractivity contribution in [2.24, 2.45) is 0 Å². The van der Waals surface area contributed by atoms with Crippen molar-refractivity contribution in [1.29, 1.82) is 0 Å². The van der Waals surface area contributed by atoms with Crippen LogP contribution in [0.5, 0.6) is 0 Å². The molecule has 4 N–H and O–H groups in total. The van der Waals surface area contributed by atoms with Crippen LogP contribution < -0.4 is 5.69 Å². The van der Waals surface area contributed by atoms with E-state index in [0.29, 0.717) is 16.3 Å². The number of phosphoric acid groups is 2. The molecule has 6 unspecified atom stereocenters. The monoisotopic (exact) mass is 600 g/mol. The minimum atomic E-state index is -5.17. The molecule has 0 spiro atoms. The van der Waals surface area contributed by atoms with Gasteiger partial charge in [0.25, 0.3) is 0 Å². The minimum absolute atomic E-state index is 0.376. The molecule has 16 heteroatoms. The molecule has 3 aromatic rings. The van der Waals surface area contributed by atoms with Crippen molar-refractivity contribution in [1.82, 2.24) is 9.55 Å². The third-order valence-corrected chi connectivity index (χ3v) is 9.07. The Balaban J connectivity index is 1.32. The second-order valence-corrected chi connectivity index (χ2v) is 12.4. The van der Waals surface area contributed by atoms with E-state index in [0.717, 1.165) is 10.1 Å². The number of thioether (sulfide) groups is 1. The van der Waals surface area contributed by atoms with E-state index in [-0.39, 0.29) is 6.61 Å². The summed E-state index contributed by atoms with van der Waals surface area (Å²) in [4.78, 5) is 36.2. The number of phosphoric ester groups is 2. The third-order valence-electron chi connectivity index (χ3n) is 5.49. The molecule has 2 heterocycles. The molecular formula is C23H26N2O11P2S. The average Bonchev–Trinajstić information content (AvgIpc) is 3.19. The van der Waals surface area contributed by atoms with Gasteiger partial charge in [0.1, 0.15) is 23.3 Å². The Hall–Kier alpha value is -2.19. The van der Waals surface area contributed by atoms with Crippen LogP contribution in [0.15, 0.2) is 82.7 Å². The van der Waals surface area contributed by atoms with Gasteiger partial charge in [0.2, 0.25) is 0 Å². The first-order valence-electron chi connectivity index (χ1n) is 11.5. The molecule has 39 heavy (non-hydrogen) atoms. The number of aliphatic hydroxyl groups is 2. The maximum atomic E-state index is 12.6. The van der Waals surface area contributed by atoms with E-state index in [1.165, 1.54) is 18.0 Å². The van der Waals surface area contributed by atoms with Crippen molar-refractivity contribution in [3.63, 3.8) is 0 Å². The molecule has 1 fully saturated rings. The number of aliphatic hydroxyl groups excluding tert-OH is 2. The zero-order valence-electron chi connectivity index (χ0n) is 20.2. The van der Waals surface area contributed by atoms with E-state index in [2.05, 4.69) is 9.29 Å². The van der Waals surface area contributed by atoms with Crippen molar-refractivity contribution in [3.8, 4) is 0 Å². The normalized spacial score (nSPS) is 24.2. The van der Waals surface area contributed by atoms with Crippen LogP contribution in [-0.2, 0) is 39.6 Å². The van der Waals surface area contributed by atoms with Gasteiger partial charge in [-0.25, -0.2) is 13.9 Å². The summed E-state index contributed by atoms with van der Waals surface area (Å²) < 4.78 is 44.5. The summed E-state index contributed by atoms with van der Waals surface area (Å²) >= 11 is 1.33. The molecule has 6 atom stereocenters.